The number of halogens is 3. The summed E-state index contributed by atoms with van der Waals surface area (Å²) in [6, 6.07) is 23.5. The maximum Gasteiger partial charge on any atom is 0.488 e. The molecule has 514 valence electrons. The van der Waals surface area contributed by atoms with Crippen molar-refractivity contribution in [1.82, 2.24) is 44.6 Å². The Balaban J connectivity index is 0.000000161. The van der Waals surface area contributed by atoms with Crippen molar-refractivity contribution >= 4 is 93.0 Å². The Morgan fingerprint density at radius 3 is 1.28 bits per heavy atom. The molecule has 0 unspecified atom stereocenters. The fraction of sp³-hybridized carbons (Fsp3) is 0.465. The van der Waals surface area contributed by atoms with Crippen molar-refractivity contribution in [3.8, 4) is 40.5 Å². The summed E-state index contributed by atoms with van der Waals surface area (Å²) in [5.41, 5.74) is 9.85. The average molecular weight is 1440 g/mol. The van der Waals surface area contributed by atoms with Gasteiger partial charge in [0, 0.05) is 150 Å². The number of methoxy groups -OCH3 is 3. The van der Waals surface area contributed by atoms with E-state index in [0.29, 0.717) is 149 Å². The van der Waals surface area contributed by atoms with Gasteiger partial charge in [0.2, 0.25) is 17.7 Å². The molecule has 0 aromatic carbocycles. The van der Waals surface area contributed by atoms with Crippen LogP contribution < -0.4 is 20.2 Å². The highest BCUT2D eigenvalue weighted by molar-refractivity contribution is 9.10. The Morgan fingerprint density at radius 2 is 0.929 bits per heavy atom. The fourth-order valence-corrected chi connectivity index (χ4v) is 13.4. The summed E-state index contributed by atoms with van der Waals surface area (Å²) >= 11 is 15.1. The van der Waals surface area contributed by atoms with Crippen molar-refractivity contribution in [2.75, 3.05) is 115 Å². The number of anilines is 3. The van der Waals surface area contributed by atoms with Gasteiger partial charge in [-0.15, -0.1) is 0 Å². The van der Waals surface area contributed by atoms with E-state index < -0.39 is 7.12 Å². The zero-order chi connectivity index (χ0) is 70.2. The number of nitrogens with zero attached hydrogens (tertiary/aromatic N) is 15. The quantitative estimate of drug-likeness (QED) is 0.0564. The van der Waals surface area contributed by atoms with Crippen LogP contribution in [0.5, 0.6) is 0 Å². The lowest BCUT2D eigenvalue weighted by molar-refractivity contribution is -0.135. The number of carbonyl (C=O) groups excluding carboxylic acids is 3. The summed E-state index contributed by atoms with van der Waals surface area (Å²) in [7, 11) is 3.34. The molecule has 27 heteroatoms. The summed E-state index contributed by atoms with van der Waals surface area (Å²) in [6.45, 7) is 17.1. The molecule has 0 radical (unpaired) electrons. The SMILES string of the molecule is C=Cc1cc(-c2cc(C#N)c(N3CCN(C(=O)CCOC)[C@H](C)C3)nc2C2CC2)ccn1.COCCC(=O)N1CCN(c2nc(C3CC3)c(-c3ccnc(Cl)c3)cc2C#N)C[C@H]1C.COCCC(=O)N1CCN(c2nc(C3CC3)c(Br)cc2C#N)C[C@H]1C.OB(O)c1ccnc(Cl)c1. The molecule has 3 atom stereocenters. The van der Waals surface area contributed by atoms with E-state index in [-0.39, 0.29) is 41.0 Å². The van der Waals surface area contributed by atoms with E-state index in [1.807, 2.05) is 77.9 Å². The first-order valence-corrected chi connectivity index (χ1v) is 34.7. The lowest BCUT2D eigenvalue weighted by Crippen LogP contribution is -2.54. The molecule has 98 heavy (non-hydrogen) atoms. The van der Waals surface area contributed by atoms with E-state index in [2.05, 4.69) is 70.4 Å². The number of rotatable bonds is 19. The second-order valence-electron chi connectivity index (χ2n) is 25.2. The molecule has 2 N–H and O–H groups in total. The Hall–Kier alpha value is -8.16. The molecule has 3 aliphatic carbocycles. The highest BCUT2D eigenvalue weighted by Gasteiger charge is 2.37. The molecule has 3 saturated carbocycles. The largest absolute Gasteiger partial charge is 0.488 e. The van der Waals surface area contributed by atoms with Gasteiger partial charge in [-0.05, 0) is 152 Å². The van der Waals surface area contributed by atoms with Gasteiger partial charge in [-0.3, -0.25) is 19.4 Å². The summed E-state index contributed by atoms with van der Waals surface area (Å²) in [4.78, 5) is 76.3. The van der Waals surface area contributed by atoms with Gasteiger partial charge < -0.3 is 53.7 Å². The molecule has 3 saturated heterocycles. The summed E-state index contributed by atoms with van der Waals surface area (Å²) in [5, 5.41) is 47.3. The molecule has 6 aromatic heterocycles. The molecule has 23 nitrogen and oxygen atoms in total. The number of hydrogen-bond acceptors (Lipinski definition) is 20. The van der Waals surface area contributed by atoms with Gasteiger partial charge in [0.05, 0.1) is 78.5 Å². The van der Waals surface area contributed by atoms with Crippen LogP contribution in [0.15, 0.2) is 84.2 Å². The number of carbonyl (C=O) groups is 3. The highest BCUT2D eigenvalue weighted by Crippen LogP contribution is 2.47. The fourth-order valence-electron chi connectivity index (χ4n) is 12.4. The van der Waals surface area contributed by atoms with Gasteiger partial charge in [-0.2, -0.15) is 15.8 Å². The third-order valence-electron chi connectivity index (χ3n) is 18.0. The highest BCUT2D eigenvalue weighted by atomic mass is 79.9. The molecule has 0 spiro atoms. The average Bonchev–Trinajstić information content (AvgIpc) is 1.02. The molecule has 6 aromatic rings. The lowest BCUT2D eigenvalue weighted by atomic mass is 9.81. The number of amides is 3. The molecule has 6 fully saturated rings. The van der Waals surface area contributed by atoms with E-state index >= 15 is 0 Å². The number of pyridine rings is 6. The van der Waals surface area contributed by atoms with E-state index in [0.717, 1.165) is 99.7 Å². The van der Waals surface area contributed by atoms with Crippen LogP contribution in [0.3, 0.4) is 0 Å². The van der Waals surface area contributed by atoms with Crippen LogP contribution >= 0.6 is 39.1 Å². The summed E-state index contributed by atoms with van der Waals surface area (Å²) in [5.74, 6) is 3.86. The Kier molecular flexibility index (Phi) is 26.5. The van der Waals surface area contributed by atoms with E-state index in [1.54, 1.807) is 39.8 Å². The van der Waals surface area contributed by atoms with Crippen LogP contribution in [0.2, 0.25) is 10.3 Å². The van der Waals surface area contributed by atoms with E-state index in [9.17, 15) is 30.2 Å². The van der Waals surface area contributed by atoms with Crippen LogP contribution in [0.4, 0.5) is 17.5 Å². The zero-order valence-corrected chi connectivity index (χ0v) is 59.4. The topological polar surface area (TPSA) is 288 Å². The zero-order valence-electron chi connectivity index (χ0n) is 56.3. The van der Waals surface area contributed by atoms with E-state index in [1.165, 1.54) is 18.3 Å². The monoisotopic (exact) mass is 1430 g/mol. The Bertz CT molecular complexity index is 3960. The lowest BCUT2D eigenvalue weighted by Gasteiger charge is -2.41. The standard InChI is InChI=1S/C25H29N5O2.C23H26ClN5O2.C18H23BrN4O2.C5H5BClNO2/c1-4-21-13-19(7-9-27-21)22-14-20(15-26)25(28-24(22)18-5-6-18)29-10-11-30(17(2)16-29)23(31)8-12-32-3;1-15-14-28(8-9-29(15)21(30)6-10-31-2)23-18(13-25)11-19(22(27-23)16-3-4-16)17-5-7-26-20(24)12-17;1-12-11-22(6-7-23(12)16(24)5-8-25-2)18-14(10-20)9-15(19)17(21-18)13-3-4-13;7-5-3-4(6(9)10)1-2-8-5/h4,7,9,13-14,17-18H,1,5-6,8,10-12,16H2,2-3H3;5,7,11-12,15-16H,3-4,6,8-10,14H2,1-2H3;9,12-13H,3-8,11H2,1-2H3;1-3,9-10H/t17-;15-;12-;/m111./s1. The first-order valence-electron chi connectivity index (χ1n) is 33.1. The number of hydrogen-bond donors (Lipinski definition) is 2. The summed E-state index contributed by atoms with van der Waals surface area (Å²) in [6.07, 6.45) is 14.5. The smallest absolute Gasteiger partial charge is 0.423 e. The maximum atomic E-state index is 12.5. The van der Waals surface area contributed by atoms with Crippen molar-refractivity contribution in [3.05, 3.63) is 134 Å². The van der Waals surface area contributed by atoms with Gasteiger partial charge >= 0.3 is 7.12 Å². The van der Waals surface area contributed by atoms with Gasteiger partial charge in [0.25, 0.3) is 0 Å². The predicted octanol–water partition coefficient (Wildman–Crippen LogP) is 9.31. The van der Waals surface area contributed by atoms with Crippen LogP contribution in [-0.2, 0) is 28.6 Å². The van der Waals surface area contributed by atoms with Crippen molar-refractivity contribution in [3.63, 3.8) is 0 Å². The normalized spacial score (nSPS) is 18.1. The molecule has 3 aliphatic heterocycles. The van der Waals surface area contributed by atoms with Gasteiger partial charge in [0.15, 0.2) is 0 Å². The molecule has 3 amide bonds. The predicted molar refractivity (Wildman–Crippen MR) is 381 cm³/mol. The maximum absolute atomic E-state index is 12.5. The van der Waals surface area contributed by atoms with Crippen LogP contribution in [0, 0.1) is 34.0 Å². The molecular weight excluding hydrogens is 1350 g/mol. The Morgan fingerprint density at radius 1 is 0.561 bits per heavy atom. The minimum absolute atomic E-state index is 0.0366. The van der Waals surface area contributed by atoms with Crippen molar-refractivity contribution < 1.29 is 38.6 Å². The van der Waals surface area contributed by atoms with Crippen molar-refractivity contribution in [1.29, 1.82) is 15.8 Å². The van der Waals surface area contributed by atoms with Crippen LogP contribution in [-0.4, -0.2) is 198 Å². The van der Waals surface area contributed by atoms with Gasteiger partial charge in [-0.25, -0.2) is 24.9 Å². The van der Waals surface area contributed by atoms with E-state index in [4.69, 9.17) is 62.4 Å². The van der Waals surface area contributed by atoms with Gasteiger partial charge in [0.1, 0.15) is 46.0 Å². The first-order chi connectivity index (χ1) is 47.3. The van der Waals surface area contributed by atoms with Crippen molar-refractivity contribution in [2.24, 2.45) is 0 Å². The van der Waals surface area contributed by atoms with Gasteiger partial charge in [-0.1, -0.05) is 29.8 Å². The number of ether oxygens (including phenoxy) is 3. The molecule has 9 heterocycles. The summed E-state index contributed by atoms with van der Waals surface area (Å²) < 4.78 is 16.0. The van der Waals surface area contributed by atoms with Crippen LogP contribution in [0.1, 0.15) is 136 Å². The second kappa shape index (κ2) is 35.1. The van der Waals surface area contributed by atoms with Crippen molar-refractivity contribution in [2.45, 2.75) is 114 Å². The second-order valence-corrected chi connectivity index (χ2v) is 26.8. The third-order valence-corrected chi connectivity index (χ3v) is 19.0. The number of nitriles is 3. The minimum Gasteiger partial charge on any atom is -0.423 e. The molecule has 12 rings (SSSR count). The van der Waals surface area contributed by atoms with Crippen LogP contribution in [0.25, 0.3) is 28.3 Å². The Labute approximate surface area is 592 Å². The molecule has 0 bridgehead atoms. The number of piperazine rings is 3. The molecular formula is C71H83BBrCl2N15O8. The number of aromatic nitrogens is 6. The minimum atomic E-state index is -1.47. The molecule has 6 aliphatic rings. The first kappa shape index (κ1) is 74.1. The third kappa shape index (κ3) is 19.2.